The van der Waals surface area contributed by atoms with Crippen molar-refractivity contribution in [3.05, 3.63) is 23.9 Å². The number of carbonyl (C=O) groups is 2. The number of likely N-dealkylation sites (N-methyl/N-ethyl adjacent to an activating group) is 1. The molecular formula is C19H27N3O5. The lowest BCUT2D eigenvalue weighted by Gasteiger charge is -2.46. The van der Waals surface area contributed by atoms with Gasteiger partial charge < -0.3 is 24.4 Å². The Labute approximate surface area is 159 Å². The number of aromatic nitrogens is 1. The third-order valence-corrected chi connectivity index (χ3v) is 5.43. The van der Waals surface area contributed by atoms with Crippen LogP contribution in [0.3, 0.4) is 0 Å². The van der Waals surface area contributed by atoms with Gasteiger partial charge in [-0.1, -0.05) is 0 Å². The Morgan fingerprint density at radius 2 is 2.22 bits per heavy atom. The molecule has 8 nitrogen and oxygen atoms in total. The zero-order valence-electron chi connectivity index (χ0n) is 15.8. The fourth-order valence-corrected chi connectivity index (χ4v) is 3.95. The second-order valence-electron chi connectivity index (χ2n) is 7.06. The number of fused-ring (bicyclic) bond motifs is 1. The van der Waals surface area contributed by atoms with Gasteiger partial charge in [-0.15, -0.1) is 0 Å². The number of hydrogen-bond acceptors (Lipinski definition) is 6. The van der Waals surface area contributed by atoms with E-state index >= 15 is 0 Å². The van der Waals surface area contributed by atoms with Crippen molar-refractivity contribution in [3.8, 4) is 5.88 Å². The normalized spacial score (nSPS) is 24.9. The lowest BCUT2D eigenvalue weighted by Crippen LogP contribution is -2.57. The average molecular weight is 377 g/mol. The maximum Gasteiger partial charge on any atom is 0.255 e. The lowest BCUT2D eigenvalue weighted by molar-refractivity contribution is -0.140. The predicted octanol–water partition coefficient (Wildman–Crippen LogP) is 0.551. The topological polar surface area (TPSA) is 92.2 Å². The third kappa shape index (κ3) is 4.22. The van der Waals surface area contributed by atoms with Crippen LogP contribution in [0.5, 0.6) is 5.88 Å². The Bertz CT molecular complexity index is 666. The fraction of sp³-hybridized carbons (Fsp3) is 0.632. The lowest BCUT2D eigenvalue weighted by atomic mass is 9.81. The van der Waals surface area contributed by atoms with Gasteiger partial charge in [0, 0.05) is 38.3 Å². The highest BCUT2D eigenvalue weighted by Gasteiger charge is 2.42. The number of hydrogen-bond donors (Lipinski definition) is 1. The van der Waals surface area contributed by atoms with Crippen LogP contribution in [0.25, 0.3) is 0 Å². The summed E-state index contributed by atoms with van der Waals surface area (Å²) >= 11 is 0. The zero-order chi connectivity index (χ0) is 19.4. The molecule has 1 N–H and O–H groups in total. The number of methoxy groups -OCH3 is 1. The predicted molar refractivity (Wildman–Crippen MR) is 97.4 cm³/mol. The summed E-state index contributed by atoms with van der Waals surface area (Å²) in [5, 5.41) is 9.07. The monoisotopic (exact) mass is 377 g/mol. The summed E-state index contributed by atoms with van der Waals surface area (Å²) in [6, 6.07) is 3.25. The van der Waals surface area contributed by atoms with Gasteiger partial charge in [0.25, 0.3) is 5.91 Å². The van der Waals surface area contributed by atoms with E-state index in [1.807, 2.05) is 4.90 Å². The molecule has 0 aromatic carbocycles. The van der Waals surface area contributed by atoms with Crippen LogP contribution in [-0.4, -0.2) is 84.3 Å². The Kier molecular flexibility index (Phi) is 6.28. The van der Waals surface area contributed by atoms with Gasteiger partial charge in [0.15, 0.2) is 0 Å². The summed E-state index contributed by atoms with van der Waals surface area (Å²) in [5.74, 6) is 0.224. The van der Waals surface area contributed by atoms with Crippen molar-refractivity contribution in [1.29, 1.82) is 0 Å². The summed E-state index contributed by atoms with van der Waals surface area (Å²) in [5.41, 5.74) is 0.502. The van der Waals surface area contributed by atoms with Gasteiger partial charge in [0.05, 0.1) is 38.0 Å². The van der Waals surface area contributed by atoms with Gasteiger partial charge in [-0.2, -0.15) is 0 Å². The van der Waals surface area contributed by atoms with Crippen LogP contribution in [0.2, 0.25) is 0 Å². The van der Waals surface area contributed by atoms with Crippen LogP contribution in [0.1, 0.15) is 29.6 Å². The Morgan fingerprint density at radius 3 is 2.89 bits per heavy atom. The van der Waals surface area contributed by atoms with Crippen LogP contribution < -0.4 is 4.74 Å². The van der Waals surface area contributed by atoms with Crippen LogP contribution in [-0.2, 0) is 9.53 Å². The summed E-state index contributed by atoms with van der Waals surface area (Å²) < 4.78 is 10.9. The first kappa shape index (κ1) is 19.6. The summed E-state index contributed by atoms with van der Waals surface area (Å²) in [4.78, 5) is 33.2. The number of pyridine rings is 1. The number of amides is 2. The number of rotatable bonds is 5. The zero-order valence-corrected chi connectivity index (χ0v) is 15.8. The molecule has 2 aliphatic rings. The first-order chi connectivity index (χ1) is 13.0. The van der Waals surface area contributed by atoms with E-state index in [0.717, 1.165) is 12.8 Å². The molecule has 27 heavy (non-hydrogen) atoms. The minimum atomic E-state index is -0.159. The van der Waals surface area contributed by atoms with E-state index in [4.69, 9.17) is 14.6 Å². The minimum absolute atomic E-state index is 0.0200. The molecule has 1 saturated carbocycles. The van der Waals surface area contributed by atoms with Crippen LogP contribution in [0, 0.1) is 5.92 Å². The van der Waals surface area contributed by atoms with Gasteiger partial charge in [0.2, 0.25) is 11.8 Å². The highest BCUT2D eigenvalue weighted by Crippen LogP contribution is 2.34. The van der Waals surface area contributed by atoms with Crippen molar-refractivity contribution in [2.75, 3.05) is 40.5 Å². The Balaban J connectivity index is 1.73. The number of aliphatic hydroxyl groups is 1. The molecule has 1 aliphatic heterocycles. The minimum Gasteiger partial charge on any atom is -0.481 e. The van der Waals surface area contributed by atoms with Gasteiger partial charge in [-0.05, 0) is 25.3 Å². The van der Waals surface area contributed by atoms with E-state index < -0.39 is 0 Å². The van der Waals surface area contributed by atoms with Gasteiger partial charge >= 0.3 is 0 Å². The molecule has 1 aromatic heterocycles. The first-order valence-electron chi connectivity index (χ1n) is 9.33. The molecule has 3 rings (SSSR count). The number of aliphatic hydroxyl groups excluding tert-OH is 1. The molecule has 0 unspecified atom stereocenters. The SMILES string of the molecule is COc1ccc(C(=O)N2CCO[C@@H]3CC[C@H](C(=O)N(C)CCO)C[C@H]32)cn1. The largest absolute Gasteiger partial charge is 0.481 e. The number of nitrogens with zero attached hydrogens (tertiary/aromatic N) is 3. The molecular weight excluding hydrogens is 350 g/mol. The number of morpholine rings is 1. The molecule has 2 fully saturated rings. The molecule has 2 heterocycles. The van der Waals surface area contributed by atoms with Crippen molar-refractivity contribution >= 4 is 11.8 Å². The van der Waals surface area contributed by atoms with Crippen molar-refractivity contribution in [2.24, 2.45) is 5.92 Å². The summed E-state index contributed by atoms with van der Waals surface area (Å²) in [6.07, 6.45) is 3.54. The van der Waals surface area contributed by atoms with Crippen LogP contribution in [0.15, 0.2) is 18.3 Å². The Hall–Kier alpha value is -2.19. The number of ether oxygens (including phenoxy) is 2. The molecule has 0 spiro atoms. The maximum atomic E-state index is 13.0. The second kappa shape index (κ2) is 8.67. The van der Waals surface area contributed by atoms with Crippen LogP contribution >= 0.6 is 0 Å². The van der Waals surface area contributed by atoms with Crippen molar-refractivity contribution < 1.29 is 24.2 Å². The quantitative estimate of drug-likeness (QED) is 0.806. The average Bonchev–Trinajstić information content (AvgIpc) is 2.72. The van der Waals surface area contributed by atoms with Gasteiger partial charge in [-0.25, -0.2) is 4.98 Å². The summed E-state index contributed by atoms with van der Waals surface area (Å²) in [6.45, 7) is 1.26. The van der Waals surface area contributed by atoms with E-state index in [1.54, 1.807) is 24.1 Å². The van der Waals surface area contributed by atoms with E-state index in [9.17, 15) is 9.59 Å². The third-order valence-electron chi connectivity index (χ3n) is 5.43. The van der Waals surface area contributed by atoms with Crippen molar-refractivity contribution in [3.63, 3.8) is 0 Å². The van der Waals surface area contributed by atoms with E-state index in [1.165, 1.54) is 13.3 Å². The number of carbonyl (C=O) groups excluding carboxylic acids is 2. The molecule has 8 heteroatoms. The maximum absolute atomic E-state index is 13.0. The molecule has 1 aliphatic carbocycles. The van der Waals surface area contributed by atoms with E-state index in [-0.39, 0.29) is 36.5 Å². The first-order valence-corrected chi connectivity index (χ1v) is 9.33. The second-order valence-corrected chi connectivity index (χ2v) is 7.06. The van der Waals surface area contributed by atoms with Crippen LogP contribution in [0.4, 0.5) is 0 Å². The van der Waals surface area contributed by atoms with Crippen molar-refractivity contribution in [2.45, 2.75) is 31.4 Å². The van der Waals surface area contributed by atoms with Gasteiger partial charge in [0.1, 0.15) is 0 Å². The summed E-state index contributed by atoms with van der Waals surface area (Å²) in [7, 11) is 3.23. The van der Waals surface area contributed by atoms with E-state index in [0.29, 0.717) is 37.6 Å². The molecule has 148 valence electrons. The Morgan fingerprint density at radius 1 is 1.41 bits per heavy atom. The molecule has 2 amide bonds. The highest BCUT2D eigenvalue weighted by molar-refractivity contribution is 5.94. The highest BCUT2D eigenvalue weighted by atomic mass is 16.5. The molecule has 0 bridgehead atoms. The standard InChI is InChI=1S/C19H27N3O5/c1-21(7-9-23)18(24)13-3-5-16-15(11-13)22(8-10-27-16)19(25)14-4-6-17(26-2)20-12-14/h4,6,12-13,15-16,23H,3,5,7-11H2,1-2H3/t13-,15+,16+/m0/s1. The molecule has 1 saturated heterocycles. The van der Waals surface area contributed by atoms with E-state index in [2.05, 4.69) is 4.98 Å². The van der Waals surface area contributed by atoms with Crippen molar-refractivity contribution in [1.82, 2.24) is 14.8 Å². The molecule has 3 atom stereocenters. The molecule has 0 radical (unpaired) electrons. The molecule has 1 aromatic rings. The van der Waals surface area contributed by atoms with Gasteiger partial charge in [-0.3, -0.25) is 9.59 Å². The fourth-order valence-electron chi connectivity index (χ4n) is 3.95. The smallest absolute Gasteiger partial charge is 0.255 e.